The highest BCUT2D eigenvalue weighted by Crippen LogP contribution is 2.31. The monoisotopic (exact) mass is 278 g/mol. The second-order valence-electron chi connectivity index (χ2n) is 6.01. The summed E-state index contributed by atoms with van der Waals surface area (Å²) in [7, 11) is 0. The molecule has 2 aromatic carbocycles. The van der Waals surface area contributed by atoms with E-state index in [4.69, 9.17) is 4.74 Å². The van der Waals surface area contributed by atoms with E-state index in [1.54, 1.807) is 0 Å². The summed E-state index contributed by atoms with van der Waals surface area (Å²) >= 11 is 0. The lowest BCUT2D eigenvalue weighted by molar-refractivity contribution is 0.0924. The summed E-state index contributed by atoms with van der Waals surface area (Å²) in [5.74, 6) is 1.33. The number of carbonyl (C=O) groups excluding carboxylic acids is 1. The van der Waals surface area contributed by atoms with Gasteiger partial charge in [0.2, 0.25) is 0 Å². The van der Waals surface area contributed by atoms with E-state index in [0.717, 1.165) is 43.6 Å². The lowest BCUT2D eigenvalue weighted by Gasteiger charge is -2.18. The van der Waals surface area contributed by atoms with E-state index in [2.05, 4.69) is 24.3 Å². The average molecular weight is 278 g/mol. The average Bonchev–Trinajstić information content (AvgIpc) is 2.97. The normalized spacial score (nSPS) is 17.0. The van der Waals surface area contributed by atoms with Crippen LogP contribution in [0.4, 0.5) is 0 Å². The second-order valence-corrected chi connectivity index (χ2v) is 6.01. The van der Waals surface area contributed by atoms with Crippen LogP contribution < -0.4 is 4.74 Å². The number of rotatable bonds is 2. The Balaban J connectivity index is 1.59. The fraction of sp³-hybridized carbons (Fsp3) is 0.316. The van der Waals surface area contributed by atoms with Crippen molar-refractivity contribution in [1.29, 1.82) is 0 Å². The molecule has 21 heavy (non-hydrogen) atoms. The van der Waals surface area contributed by atoms with Crippen LogP contribution in [0.2, 0.25) is 0 Å². The van der Waals surface area contributed by atoms with Gasteiger partial charge in [0.15, 0.2) is 5.78 Å². The molecular formula is C19H18O2. The van der Waals surface area contributed by atoms with Crippen LogP contribution in [0.15, 0.2) is 42.5 Å². The molecule has 0 spiro atoms. The van der Waals surface area contributed by atoms with Gasteiger partial charge in [0.05, 0.1) is 6.61 Å². The van der Waals surface area contributed by atoms with Gasteiger partial charge in [0.1, 0.15) is 5.75 Å². The smallest absolute Gasteiger partial charge is 0.166 e. The van der Waals surface area contributed by atoms with Crippen LogP contribution >= 0.6 is 0 Å². The molecule has 2 aliphatic rings. The summed E-state index contributed by atoms with van der Waals surface area (Å²) in [5.41, 5.74) is 4.69. The van der Waals surface area contributed by atoms with E-state index in [9.17, 15) is 4.79 Å². The van der Waals surface area contributed by atoms with Crippen molar-refractivity contribution in [3.8, 4) is 5.75 Å². The zero-order chi connectivity index (χ0) is 14.2. The zero-order valence-electron chi connectivity index (χ0n) is 12.0. The Morgan fingerprint density at radius 3 is 2.52 bits per heavy atom. The number of fused-ring (bicyclic) bond motifs is 2. The highest BCUT2D eigenvalue weighted by Gasteiger charge is 2.28. The van der Waals surface area contributed by atoms with Gasteiger partial charge in [0, 0.05) is 11.5 Å². The first kappa shape index (κ1) is 12.6. The Kier molecular flexibility index (Phi) is 3.03. The molecule has 0 unspecified atom stereocenters. The maximum absolute atomic E-state index is 12.8. The predicted octanol–water partition coefficient (Wildman–Crippen LogP) is 3.61. The second kappa shape index (κ2) is 5.03. The third kappa shape index (κ3) is 2.25. The van der Waals surface area contributed by atoms with Gasteiger partial charge in [-0.1, -0.05) is 24.3 Å². The van der Waals surface area contributed by atoms with Gasteiger partial charge in [0.25, 0.3) is 0 Å². The molecule has 0 fully saturated rings. The molecule has 0 amide bonds. The van der Waals surface area contributed by atoms with Crippen LogP contribution in [0, 0.1) is 5.92 Å². The molecular weight excluding hydrogens is 260 g/mol. The first-order valence-corrected chi connectivity index (χ1v) is 7.68. The SMILES string of the molecule is O=C(c1ccc2c(c1)CCCO2)C1Cc2ccccc2C1. The fourth-order valence-corrected chi connectivity index (χ4v) is 3.49. The van der Waals surface area contributed by atoms with E-state index in [1.807, 2.05) is 18.2 Å². The number of hydrogen-bond donors (Lipinski definition) is 0. The van der Waals surface area contributed by atoms with Crippen molar-refractivity contribution in [2.24, 2.45) is 5.92 Å². The quantitative estimate of drug-likeness (QED) is 0.784. The molecule has 1 aliphatic heterocycles. The van der Waals surface area contributed by atoms with Crippen molar-refractivity contribution >= 4 is 5.78 Å². The van der Waals surface area contributed by atoms with Gasteiger partial charge in [-0.15, -0.1) is 0 Å². The highest BCUT2D eigenvalue weighted by atomic mass is 16.5. The number of aryl methyl sites for hydroxylation is 1. The number of carbonyl (C=O) groups is 1. The fourth-order valence-electron chi connectivity index (χ4n) is 3.49. The standard InChI is InChI=1S/C19H18O2/c20-19(17-10-13-4-1-2-5-14(13)11-17)16-7-8-18-15(12-16)6-3-9-21-18/h1-2,4-5,7-8,12,17H,3,6,9-11H2. The molecule has 106 valence electrons. The molecule has 2 nitrogen and oxygen atoms in total. The number of benzene rings is 2. The van der Waals surface area contributed by atoms with E-state index < -0.39 is 0 Å². The minimum Gasteiger partial charge on any atom is -0.493 e. The number of ether oxygens (including phenoxy) is 1. The Morgan fingerprint density at radius 1 is 1.00 bits per heavy atom. The molecule has 0 saturated carbocycles. The van der Waals surface area contributed by atoms with Crippen molar-refractivity contribution in [2.45, 2.75) is 25.7 Å². The first-order valence-electron chi connectivity index (χ1n) is 7.68. The van der Waals surface area contributed by atoms with E-state index in [-0.39, 0.29) is 11.7 Å². The zero-order valence-corrected chi connectivity index (χ0v) is 12.0. The molecule has 0 radical (unpaired) electrons. The third-order valence-corrected chi connectivity index (χ3v) is 4.61. The van der Waals surface area contributed by atoms with Gasteiger partial charge in [-0.25, -0.2) is 0 Å². The lowest BCUT2D eigenvalue weighted by atomic mass is 9.92. The number of Topliss-reactive ketones (excluding diaryl/α,β-unsaturated/α-hetero) is 1. The van der Waals surface area contributed by atoms with Crippen molar-refractivity contribution in [1.82, 2.24) is 0 Å². The Labute approximate surface area is 124 Å². The molecule has 4 rings (SSSR count). The Bertz CT molecular complexity index is 677. The summed E-state index contributed by atoms with van der Waals surface area (Å²) in [6, 6.07) is 14.3. The van der Waals surface area contributed by atoms with Crippen molar-refractivity contribution in [3.05, 3.63) is 64.7 Å². The highest BCUT2D eigenvalue weighted by molar-refractivity contribution is 5.99. The van der Waals surface area contributed by atoms with Crippen LogP contribution in [0.3, 0.4) is 0 Å². The molecule has 0 atom stereocenters. The van der Waals surface area contributed by atoms with E-state index >= 15 is 0 Å². The summed E-state index contributed by atoms with van der Waals surface area (Å²) in [6.07, 6.45) is 3.81. The number of hydrogen-bond acceptors (Lipinski definition) is 2. The van der Waals surface area contributed by atoms with Gasteiger partial charge in [-0.2, -0.15) is 0 Å². The largest absolute Gasteiger partial charge is 0.493 e. The van der Waals surface area contributed by atoms with Crippen molar-refractivity contribution in [2.75, 3.05) is 6.61 Å². The van der Waals surface area contributed by atoms with Crippen LogP contribution in [-0.2, 0) is 19.3 Å². The first-order chi connectivity index (χ1) is 10.3. The van der Waals surface area contributed by atoms with Crippen molar-refractivity contribution in [3.63, 3.8) is 0 Å². The van der Waals surface area contributed by atoms with Crippen LogP contribution in [0.5, 0.6) is 5.75 Å². The summed E-state index contributed by atoms with van der Waals surface area (Å²) < 4.78 is 5.62. The van der Waals surface area contributed by atoms with Crippen LogP contribution in [0.1, 0.15) is 33.5 Å². The molecule has 0 bridgehead atoms. The van der Waals surface area contributed by atoms with Gasteiger partial charge in [-0.3, -0.25) is 4.79 Å². The van der Waals surface area contributed by atoms with Gasteiger partial charge >= 0.3 is 0 Å². The molecule has 2 aromatic rings. The summed E-state index contributed by atoms with van der Waals surface area (Å²) in [4.78, 5) is 12.8. The topological polar surface area (TPSA) is 26.3 Å². The predicted molar refractivity (Wildman–Crippen MR) is 81.9 cm³/mol. The minimum atomic E-state index is 0.102. The van der Waals surface area contributed by atoms with E-state index in [1.165, 1.54) is 16.7 Å². The summed E-state index contributed by atoms with van der Waals surface area (Å²) in [5, 5.41) is 0. The molecule has 1 aliphatic carbocycles. The van der Waals surface area contributed by atoms with Crippen molar-refractivity contribution < 1.29 is 9.53 Å². The van der Waals surface area contributed by atoms with Gasteiger partial charge in [-0.05, 0) is 60.6 Å². The van der Waals surface area contributed by atoms with Crippen LogP contribution in [0.25, 0.3) is 0 Å². The Hall–Kier alpha value is -2.09. The molecule has 0 N–H and O–H groups in total. The number of ketones is 1. The van der Waals surface area contributed by atoms with Crippen LogP contribution in [-0.4, -0.2) is 12.4 Å². The maximum atomic E-state index is 12.8. The maximum Gasteiger partial charge on any atom is 0.166 e. The summed E-state index contributed by atoms with van der Waals surface area (Å²) in [6.45, 7) is 0.790. The Morgan fingerprint density at radius 2 is 1.76 bits per heavy atom. The molecule has 1 heterocycles. The molecule has 0 saturated heterocycles. The van der Waals surface area contributed by atoms with E-state index in [0.29, 0.717) is 0 Å². The lowest BCUT2D eigenvalue weighted by Crippen LogP contribution is -2.16. The minimum absolute atomic E-state index is 0.102. The van der Waals surface area contributed by atoms with Gasteiger partial charge < -0.3 is 4.74 Å². The molecule has 0 aromatic heterocycles. The molecule has 2 heteroatoms. The third-order valence-electron chi connectivity index (χ3n) is 4.61.